The van der Waals surface area contributed by atoms with Crippen molar-refractivity contribution in [3.8, 4) is 16.9 Å². The topological polar surface area (TPSA) is 78.5 Å². The van der Waals surface area contributed by atoms with Gasteiger partial charge < -0.3 is 19.7 Å². The average Bonchev–Trinajstić information content (AvgIpc) is 3.51. The number of piperidine rings is 1. The number of halogens is 1. The van der Waals surface area contributed by atoms with Gasteiger partial charge in [-0.15, -0.1) is 0 Å². The summed E-state index contributed by atoms with van der Waals surface area (Å²) in [6.45, 7) is 1.03. The number of hydrogen-bond acceptors (Lipinski definition) is 4. The van der Waals surface area contributed by atoms with Crippen molar-refractivity contribution >= 4 is 28.5 Å². The predicted octanol–water partition coefficient (Wildman–Crippen LogP) is 4.78. The zero-order valence-electron chi connectivity index (χ0n) is 19.2. The highest BCUT2D eigenvalue weighted by Crippen LogP contribution is 2.43. The largest absolute Gasteiger partial charge is 0.479 e. The number of amides is 1. The first-order valence-corrected chi connectivity index (χ1v) is 12.3. The summed E-state index contributed by atoms with van der Waals surface area (Å²) in [5.41, 5.74) is 3.88. The lowest BCUT2D eigenvalue weighted by Gasteiger charge is -2.39. The molecule has 4 aromatic rings. The van der Waals surface area contributed by atoms with Gasteiger partial charge in [0.1, 0.15) is 11.4 Å². The fraction of sp³-hybridized carbons (Fsp3) is 0.286. The van der Waals surface area contributed by atoms with Crippen LogP contribution in [0.5, 0.6) is 5.75 Å². The highest BCUT2D eigenvalue weighted by molar-refractivity contribution is 6.31. The van der Waals surface area contributed by atoms with E-state index < -0.39 is 11.7 Å². The van der Waals surface area contributed by atoms with Crippen LogP contribution in [-0.2, 0) is 17.6 Å². The predicted molar refractivity (Wildman–Crippen MR) is 136 cm³/mol. The molecule has 2 aliphatic heterocycles. The normalized spacial score (nSPS) is 18.9. The number of nitrogens with zero attached hydrogens (tertiary/aromatic N) is 2. The van der Waals surface area contributed by atoms with Gasteiger partial charge in [-0.05, 0) is 48.2 Å². The minimum Gasteiger partial charge on any atom is -0.479 e. The summed E-state index contributed by atoms with van der Waals surface area (Å²) >= 11 is 6.48. The van der Waals surface area contributed by atoms with Crippen LogP contribution in [0.25, 0.3) is 22.2 Å². The maximum absolute atomic E-state index is 13.4. The van der Waals surface area contributed by atoms with Crippen LogP contribution in [0.1, 0.15) is 24.0 Å². The van der Waals surface area contributed by atoms with Crippen LogP contribution in [-0.4, -0.2) is 50.7 Å². The molecule has 1 amide bonds. The van der Waals surface area contributed by atoms with E-state index in [1.165, 1.54) is 0 Å². The molecule has 2 N–H and O–H groups in total. The second kappa shape index (κ2) is 8.70. The van der Waals surface area contributed by atoms with Gasteiger partial charge in [-0.2, -0.15) is 0 Å². The molecule has 1 fully saturated rings. The fourth-order valence-electron chi connectivity index (χ4n) is 5.36. The summed E-state index contributed by atoms with van der Waals surface area (Å²) in [7, 11) is 0. The van der Waals surface area contributed by atoms with Crippen molar-refractivity contribution in [2.75, 3.05) is 13.1 Å². The summed E-state index contributed by atoms with van der Waals surface area (Å²) in [6.07, 6.45) is 5.19. The highest BCUT2D eigenvalue weighted by Gasteiger charge is 2.39. The number of carbonyl (C=O) groups excluding carboxylic acids is 1. The Hall–Kier alpha value is -3.35. The fourth-order valence-corrected chi connectivity index (χ4v) is 5.60. The summed E-state index contributed by atoms with van der Waals surface area (Å²) in [4.78, 5) is 22.8. The molecule has 178 valence electrons. The van der Waals surface area contributed by atoms with E-state index in [0.717, 1.165) is 33.3 Å². The first kappa shape index (κ1) is 22.1. The Bertz CT molecular complexity index is 1390. The van der Waals surface area contributed by atoms with Crippen molar-refractivity contribution in [1.82, 2.24) is 14.9 Å². The van der Waals surface area contributed by atoms with Crippen molar-refractivity contribution in [2.24, 2.45) is 0 Å². The second-order valence-electron chi connectivity index (χ2n) is 9.56. The number of H-pyrrole nitrogens is 1. The quantitative estimate of drug-likeness (QED) is 0.434. The van der Waals surface area contributed by atoms with Crippen LogP contribution in [0.2, 0.25) is 5.02 Å². The molecule has 4 heterocycles. The van der Waals surface area contributed by atoms with Crippen LogP contribution in [0.3, 0.4) is 0 Å². The third kappa shape index (κ3) is 4.17. The molecule has 1 saturated heterocycles. The van der Waals surface area contributed by atoms with Crippen LogP contribution in [0, 0.1) is 0 Å². The first-order valence-electron chi connectivity index (χ1n) is 12.0. The maximum Gasteiger partial charge on any atom is 0.263 e. The van der Waals surface area contributed by atoms with E-state index in [4.69, 9.17) is 16.3 Å². The van der Waals surface area contributed by atoms with Crippen LogP contribution in [0.15, 0.2) is 67.0 Å². The smallest absolute Gasteiger partial charge is 0.263 e. The zero-order chi connectivity index (χ0) is 24.0. The van der Waals surface area contributed by atoms with Gasteiger partial charge in [-0.1, -0.05) is 41.9 Å². The Labute approximate surface area is 208 Å². The number of pyridine rings is 1. The molecule has 0 spiro atoms. The number of benzene rings is 2. The molecule has 0 unspecified atom stereocenters. The van der Waals surface area contributed by atoms with Gasteiger partial charge in [0.05, 0.1) is 5.60 Å². The number of rotatable bonds is 4. The molecule has 6 nitrogen and oxygen atoms in total. The van der Waals surface area contributed by atoms with Gasteiger partial charge in [0.2, 0.25) is 0 Å². The molecule has 0 saturated carbocycles. The lowest BCUT2D eigenvalue weighted by Crippen LogP contribution is -2.51. The number of hydrogen-bond donors (Lipinski definition) is 2. The van der Waals surface area contributed by atoms with E-state index in [-0.39, 0.29) is 5.91 Å². The molecule has 2 aliphatic rings. The first-order chi connectivity index (χ1) is 17.0. The van der Waals surface area contributed by atoms with Crippen LogP contribution < -0.4 is 4.74 Å². The maximum atomic E-state index is 13.4. The lowest BCUT2D eigenvalue weighted by molar-refractivity contribution is -0.142. The number of fused-ring (bicyclic) bond motifs is 2. The lowest BCUT2D eigenvalue weighted by atomic mass is 9.85. The van der Waals surface area contributed by atoms with Crippen LogP contribution in [0.4, 0.5) is 0 Å². The third-order valence-corrected chi connectivity index (χ3v) is 7.42. The highest BCUT2D eigenvalue weighted by atomic mass is 35.5. The van der Waals surface area contributed by atoms with E-state index >= 15 is 0 Å². The minimum absolute atomic E-state index is 0.0356. The molecule has 2 aromatic carbocycles. The molecular formula is C28H26ClN3O3. The van der Waals surface area contributed by atoms with E-state index in [0.29, 0.717) is 49.5 Å². The Morgan fingerprint density at radius 3 is 2.74 bits per heavy atom. The van der Waals surface area contributed by atoms with Crippen molar-refractivity contribution in [3.05, 3.63) is 83.1 Å². The molecule has 2 aromatic heterocycles. The van der Waals surface area contributed by atoms with E-state index in [9.17, 15) is 9.90 Å². The van der Waals surface area contributed by atoms with Gasteiger partial charge in [0.15, 0.2) is 6.10 Å². The third-order valence-electron chi connectivity index (χ3n) is 7.20. The van der Waals surface area contributed by atoms with E-state index in [1.54, 1.807) is 6.20 Å². The van der Waals surface area contributed by atoms with E-state index in [2.05, 4.69) is 9.97 Å². The Morgan fingerprint density at radius 1 is 1.14 bits per heavy atom. The molecular weight excluding hydrogens is 462 g/mol. The number of aliphatic hydroxyl groups is 1. The SMILES string of the molecule is O=C([C@@H]1Cc2cc(Cl)cc(-c3ccnc4[nH]ccc34)c2O1)N1CCC(O)(Cc2ccccc2)CC1. The van der Waals surface area contributed by atoms with Gasteiger partial charge in [-0.3, -0.25) is 4.79 Å². The Balaban J connectivity index is 1.19. The van der Waals surface area contributed by atoms with Crippen molar-refractivity contribution in [1.29, 1.82) is 0 Å². The molecule has 35 heavy (non-hydrogen) atoms. The second-order valence-corrected chi connectivity index (χ2v) is 10.00. The summed E-state index contributed by atoms with van der Waals surface area (Å²) in [5, 5.41) is 12.7. The Kier molecular flexibility index (Phi) is 5.50. The van der Waals surface area contributed by atoms with Crippen molar-refractivity contribution < 1.29 is 14.6 Å². The average molecular weight is 488 g/mol. The van der Waals surface area contributed by atoms with Crippen molar-refractivity contribution in [2.45, 2.75) is 37.4 Å². The van der Waals surface area contributed by atoms with Gasteiger partial charge >= 0.3 is 0 Å². The van der Waals surface area contributed by atoms with E-state index in [1.807, 2.05) is 65.7 Å². The minimum atomic E-state index is -0.790. The number of aromatic nitrogens is 2. The summed E-state index contributed by atoms with van der Waals surface area (Å²) in [5.74, 6) is 0.672. The molecule has 1 atom stereocenters. The molecule has 0 bridgehead atoms. The number of likely N-dealkylation sites (tertiary alicyclic amines) is 1. The standard InChI is InChI=1S/C28H26ClN3O3/c29-20-14-19-15-24(35-25(19)23(16-20)21-6-10-30-26-22(21)7-11-31-26)27(33)32-12-8-28(34,9-13-32)17-18-4-2-1-3-5-18/h1-7,10-11,14,16,24,34H,8-9,12-13,15,17H2,(H,30,31)/t24-/m0/s1. The molecule has 0 radical (unpaired) electrons. The van der Waals surface area contributed by atoms with Gasteiger partial charge in [-0.25, -0.2) is 4.98 Å². The monoisotopic (exact) mass is 487 g/mol. The summed E-state index contributed by atoms with van der Waals surface area (Å²) < 4.78 is 6.29. The zero-order valence-corrected chi connectivity index (χ0v) is 20.0. The van der Waals surface area contributed by atoms with Gasteiger partial charge in [0, 0.05) is 59.9 Å². The number of aromatic amines is 1. The Morgan fingerprint density at radius 2 is 1.94 bits per heavy atom. The van der Waals surface area contributed by atoms with Crippen molar-refractivity contribution in [3.63, 3.8) is 0 Å². The number of ether oxygens (including phenoxy) is 1. The van der Waals surface area contributed by atoms with Gasteiger partial charge in [0.25, 0.3) is 5.91 Å². The molecule has 0 aliphatic carbocycles. The van der Waals surface area contributed by atoms with Crippen LogP contribution >= 0.6 is 11.6 Å². The number of carbonyl (C=O) groups is 1. The summed E-state index contributed by atoms with van der Waals surface area (Å²) in [6, 6.07) is 17.7. The molecule has 7 heteroatoms. The molecule has 6 rings (SSSR count). The number of nitrogens with one attached hydrogen (secondary N) is 1.